The number of aromatic nitrogens is 1. The van der Waals surface area contributed by atoms with E-state index in [9.17, 15) is 19.4 Å². The minimum absolute atomic E-state index is 0.149. The number of carbonyl (C=O) groups excluding carboxylic acids is 2. The molecule has 120 valence electrons. The molecule has 1 aliphatic rings. The second-order valence-corrected chi connectivity index (χ2v) is 5.62. The molecule has 1 aliphatic heterocycles. The van der Waals surface area contributed by atoms with Crippen LogP contribution in [0.15, 0.2) is 54.4 Å². The molecule has 2 aromatic rings. The van der Waals surface area contributed by atoms with Crippen LogP contribution < -0.4 is 9.88 Å². The van der Waals surface area contributed by atoms with Gasteiger partial charge in [0, 0.05) is 17.2 Å². The Kier molecular flexibility index (Phi) is 4.06. The average molecular weight is 323 g/mol. The fourth-order valence-corrected chi connectivity index (χ4v) is 2.97. The molecule has 1 saturated heterocycles. The largest absolute Gasteiger partial charge is 0.763 e. The Bertz CT molecular complexity index is 887. The first kappa shape index (κ1) is 15.8. The van der Waals surface area contributed by atoms with Crippen LogP contribution in [0.3, 0.4) is 0 Å². The Morgan fingerprint density at radius 2 is 1.96 bits per heavy atom. The summed E-state index contributed by atoms with van der Waals surface area (Å²) >= 11 is 0. The number of pyridine rings is 1. The van der Waals surface area contributed by atoms with Gasteiger partial charge in [0.1, 0.15) is 5.82 Å². The zero-order chi connectivity index (χ0) is 17.3. The van der Waals surface area contributed by atoms with Crippen molar-refractivity contribution in [2.75, 3.05) is 0 Å². The summed E-state index contributed by atoms with van der Waals surface area (Å²) in [5.74, 6) is -1.05. The quantitative estimate of drug-likeness (QED) is 0.394. The highest BCUT2D eigenvalue weighted by Crippen LogP contribution is 2.35. The standard InChI is InChI=1S/C18H14FN3O2/c1-11-5-4-8-22(10-11)16-15(12-6-2-3-7-14(12)19)13(9-20)17(23)21-18(16)24/h2-8,10,15-16H,1H3,(H,21,23,24)/t15-,16+/m0/s1. The van der Waals surface area contributed by atoms with Crippen molar-refractivity contribution < 1.29 is 18.5 Å². The molecule has 0 radical (unpaired) electrons. The Morgan fingerprint density at radius 1 is 1.21 bits per heavy atom. The van der Waals surface area contributed by atoms with Gasteiger partial charge in [-0.15, -0.1) is 0 Å². The number of piperidine rings is 1. The molecule has 0 saturated carbocycles. The lowest BCUT2D eigenvalue weighted by Gasteiger charge is -2.28. The highest BCUT2D eigenvalue weighted by Gasteiger charge is 2.47. The number of hydrogen-bond acceptors (Lipinski definition) is 2. The van der Waals surface area contributed by atoms with Crippen LogP contribution in [-0.2, 0) is 9.59 Å². The van der Waals surface area contributed by atoms with Gasteiger partial charge in [-0.05, 0) is 19.1 Å². The van der Waals surface area contributed by atoms with E-state index in [0.29, 0.717) is 0 Å². The molecule has 1 aromatic heterocycles. The molecular weight excluding hydrogens is 309 g/mol. The Labute approximate surface area is 138 Å². The van der Waals surface area contributed by atoms with Crippen molar-refractivity contribution in [1.82, 2.24) is 5.32 Å². The first-order valence-electron chi connectivity index (χ1n) is 7.37. The molecule has 2 atom stereocenters. The lowest BCUT2D eigenvalue weighted by atomic mass is 9.81. The topological polar surface area (TPSA) is 72.3 Å². The van der Waals surface area contributed by atoms with E-state index >= 15 is 0 Å². The molecule has 6 heteroatoms. The third-order valence-corrected chi connectivity index (χ3v) is 4.03. The molecule has 0 bridgehead atoms. The zero-order valence-corrected chi connectivity index (χ0v) is 12.9. The summed E-state index contributed by atoms with van der Waals surface area (Å²) in [5.41, 5.74) is 0.864. The first-order valence-corrected chi connectivity index (χ1v) is 7.37. The van der Waals surface area contributed by atoms with Gasteiger partial charge < -0.3 is 5.41 Å². The molecule has 2 heterocycles. The van der Waals surface area contributed by atoms with E-state index < -0.39 is 29.6 Å². The SMILES string of the molecule is Cc1ccc[n+]([C@H]2C(=O)NC(=O)C(=C=[N-])[C@@H]2c2ccccc2F)c1. The van der Waals surface area contributed by atoms with Gasteiger partial charge in [0.2, 0.25) is 6.04 Å². The highest BCUT2D eigenvalue weighted by molar-refractivity contribution is 6.14. The molecule has 0 unspecified atom stereocenters. The predicted molar refractivity (Wildman–Crippen MR) is 84.6 cm³/mol. The van der Waals surface area contributed by atoms with Crippen LogP contribution in [-0.4, -0.2) is 17.7 Å². The minimum atomic E-state index is -0.982. The summed E-state index contributed by atoms with van der Waals surface area (Å²) in [7, 11) is 0. The minimum Gasteiger partial charge on any atom is -0.763 e. The van der Waals surface area contributed by atoms with Gasteiger partial charge in [0.15, 0.2) is 12.4 Å². The van der Waals surface area contributed by atoms with Crippen LogP contribution in [0, 0.1) is 12.7 Å². The van der Waals surface area contributed by atoms with E-state index in [0.717, 1.165) is 5.56 Å². The van der Waals surface area contributed by atoms with Crippen molar-refractivity contribution in [1.29, 1.82) is 0 Å². The van der Waals surface area contributed by atoms with Gasteiger partial charge in [-0.1, -0.05) is 18.2 Å². The zero-order valence-electron chi connectivity index (χ0n) is 12.9. The number of nitrogens with one attached hydrogen (secondary N) is 1. The van der Waals surface area contributed by atoms with Crippen LogP contribution >= 0.6 is 0 Å². The Morgan fingerprint density at radius 3 is 2.62 bits per heavy atom. The highest BCUT2D eigenvalue weighted by atomic mass is 19.1. The number of rotatable bonds is 2. The number of aryl methyl sites for hydroxylation is 1. The van der Waals surface area contributed by atoms with Crippen LogP contribution in [0.5, 0.6) is 0 Å². The van der Waals surface area contributed by atoms with Crippen molar-refractivity contribution in [3.8, 4) is 0 Å². The monoisotopic (exact) mass is 323 g/mol. The number of nitrogens with zero attached hydrogens (tertiary/aromatic N) is 2. The molecule has 3 rings (SSSR count). The second-order valence-electron chi connectivity index (χ2n) is 5.62. The molecular formula is C18H14FN3O2. The number of amides is 2. The van der Waals surface area contributed by atoms with E-state index in [-0.39, 0.29) is 11.1 Å². The number of hydrogen-bond donors (Lipinski definition) is 1. The maximum Gasteiger partial charge on any atom is 0.296 e. The lowest BCUT2D eigenvalue weighted by Crippen LogP contribution is -2.57. The Balaban J connectivity index is 2.23. The molecule has 24 heavy (non-hydrogen) atoms. The normalized spacial score (nSPS) is 20.5. The fourth-order valence-electron chi connectivity index (χ4n) is 2.97. The van der Waals surface area contributed by atoms with Crippen molar-refractivity contribution in [3.05, 3.63) is 76.7 Å². The van der Waals surface area contributed by atoms with E-state index in [1.165, 1.54) is 18.2 Å². The van der Waals surface area contributed by atoms with Crippen LogP contribution in [0.2, 0.25) is 0 Å². The van der Waals surface area contributed by atoms with Crippen LogP contribution in [0.1, 0.15) is 23.1 Å². The number of carbonyl (C=O) groups is 2. The van der Waals surface area contributed by atoms with E-state index in [4.69, 9.17) is 0 Å². The maximum absolute atomic E-state index is 14.3. The first-order chi connectivity index (χ1) is 11.5. The summed E-state index contributed by atoms with van der Waals surface area (Å²) in [4.78, 5) is 24.5. The van der Waals surface area contributed by atoms with Crippen LogP contribution in [0.25, 0.3) is 5.41 Å². The molecule has 0 aliphatic carbocycles. The molecule has 2 amide bonds. The van der Waals surface area contributed by atoms with E-state index in [1.54, 1.807) is 29.1 Å². The third kappa shape index (κ3) is 2.64. The van der Waals surface area contributed by atoms with Gasteiger partial charge >= 0.3 is 0 Å². The average Bonchev–Trinajstić information content (AvgIpc) is 2.54. The van der Waals surface area contributed by atoms with Gasteiger partial charge in [-0.2, -0.15) is 4.57 Å². The van der Waals surface area contributed by atoms with Crippen LogP contribution in [0.4, 0.5) is 4.39 Å². The van der Waals surface area contributed by atoms with Gasteiger partial charge in [0.05, 0.1) is 11.5 Å². The third-order valence-electron chi connectivity index (χ3n) is 4.03. The summed E-state index contributed by atoms with van der Waals surface area (Å²) in [6, 6.07) is 8.56. The summed E-state index contributed by atoms with van der Waals surface area (Å²) in [6.45, 7) is 1.86. The number of imide groups is 1. The molecule has 1 aromatic carbocycles. The predicted octanol–water partition coefficient (Wildman–Crippen LogP) is 1.57. The van der Waals surface area contributed by atoms with Crippen molar-refractivity contribution in [2.45, 2.75) is 18.9 Å². The summed E-state index contributed by atoms with van der Waals surface area (Å²) < 4.78 is 15.9. The summed E-state index contributed by atoms with van der Waals surface area (Å²) in [6.07, 6.45) is 3.39. The Hall–Kier alpha value is -3.11. The maximum atomic E-state index is 14.3. The van der Waals surface area contributed by atoms with Gasteiger partial charge in [0.25, 0.3) is 11.8 Å². The van der Waals surface area contributed by atoms with Crippen molar-refractivity contribution in [3.63, 3.8) is 0 Å². The van der Waals surface area contributed by atoms with E-state index in [2.05, 4.69) is 5.32 Å². The van der Waals surface area contributed by atoms with Crippen molar-refractivity contribution >= 4 is 17.7 Å². The fraction of sp³-hybridized carbons (Fsp3) is 0.167. The molecule has 1 N–H and O–H groups in total. The summed E-state index contributed by atoms with van der Waals surface area (Å²) in [5, 5.41) is 11.6. The number of halogens is 1. The van der Waals surface area contributed by atoms with Gasteiger partial charge in [-0.25, -0.2) is 4.39 Å². The smallest absolute Gasteiger partial charge is 0.296 e. The molecule has 1 fully saturated rings. The molecule has 5 nitrogen and oxygen atoms in total. The lowest BCUT2D eigenvalue weighted by molar-refractivity contribution is -0.711. The van der Waals surface area contributed by atoms with E-state index in [1.807, 2.05) is 18.9 Å². The molecule has 0 spiro atoms. The van der Waals surface area contributed by atoms with Gasteiger partial charge in [-0.3, -0.25) is 20.8 Å². The second kappa shape index (κ2) is 6.18. The number of benzene rings is 1. The van der Waals surface area contributed by atoms with Crippen molar-refractivity contribution in [2.24, 2.45) is 0 Å².